The summed E-state index contributed by atoms with van der Waals surface area (Å²) >= 11 is 3.37. The van der Waals surface area contributed by atoms with Gasteiger partial charge in [0.15, 0.2) is 0 Å². The fourth-order valence-corrected chi connectivity index (χ4v) is 2.45. The maximum Gasteiger partial charge on any atom is 0.310 e. The molecule has 0 fully saturated rings. The molecule has 0 amide bonds. The van der Waals surface area contributed by atoms with E-state index in [0.717, 1.165) is 15.8 Å². The van der Waals surface area contributed by atoms with Crippen LogP contribution in [0.5, 0.6) is 17.2 Å². The van der Waals surface area contributed by atoms with Gasteiger partial charge in [-0.05, 0) is 24.3 Å². The van der Waals surface area contributed by atoms with Crippen molar-refractivity contribution in [3.63, 3.8) is 0 Å². The lowest BCUT2D eigenvalue weighted by molar-refractivity contribution is -0.143. The van der Waals surface area contributed by atoms with Gasteiger partial charge in [-0.3, -0.25) is 4.79 Å². The minimum absolute atomic E-state index is 0.129. The van der Waals surface area contributed by atoms with Crippen molar-refractivity contribution >= 4 is 21.9 Å². The minimum Gasteiger partial charge on any atom is -0.497 e. The van der Waals surface area contributed by atoms with Gasteiger partial charge in [-0.15, -0.1) is 0 Å². The molecule has 128 valence electrons. The van der Waals surface area contributed by atoms with Crippen molar-refractivity contribution in [2.24, 2.45) is 0 Å². The van der Waals surface area contributed by atoms with E-state index < -0.39 is 0 Å². The fraction of sp³-hybridized carbons (Fsp3) is 0.278. The largest absolute Gasteiger partial charge is 0.497 e. The van der Waals surface area contributed by atoms with Crippen LogP contribution in [0, 0.1) is 0 Å². The Kier molecular flexibility index (Phi) is 6.93. The van der Waals surface area contributed by atoms with E-state index in [2.05, 4.69) is 15.9 Å². The van der Waals surface area contributed by atoms with E-state index >= 15 is 0 Å². The lowest BCUT2D eigenvalue weighted by Crippen LogP contribution is -2.14. The van der Waals surface area contributed by atoms with Crippen molar-refractivity contribution in [1.82, 2.24) is 0 Å². The van der Waals surface area contributed by atoms with Gasteiger partial charge in [0.05, 0.1) is 20.6 Å². The van der Waals surface area contributed by atoms with Gasteiger partial charge in [0.25, 0.3) is 0 Å². The number of hydrogen-bond donors (Lipinski definition) is 0. The van der Waals surface area contributed by atoms with E-state index in [1.165, 1.54) is 0 Å². The number of hydrogen-bond acceptors (Lipinski definition) is 5. The Hall–Kier alpha value is -2.21. The molecule has 6 heteroatoms. The van der Waals surface area contributed by atoms with Crippen molar-refractivity contribution < 1.29 is 23.7 Å². The lowest BCUT2D eigenvalue weighted by Gasteiger charge is -2.11. The van der Waals surface area contributed by atoms with Crippen LogP contribution < -0.4 is 14.2 Å². The average Bonchev–Trinajstić information content (AvgIpc) is 2.59. The molecule has 0 N–H and O–H groups in total. The van der Waals surface area contributed by atoms with Crippen LogP contribution in [0.3, 0.4) is 0 Å². The van der Waals surface area contributed by atoms with Crippen LogP contribution >= 0.6 is 15.9 Å². The van der Waals surface area contributed by atoms with Crippen molar-refractivity contribution in [2.45, 2.75) is 6.42 Å². The zero-order chi connectivity index (χ0) is 17.4. The second-order valence-electron chi connectivity index (χ2n) is 4.88. The first-order valence-corrected chi connectivity index (χ1v) is 8.16. The molecule has 0 aromatic heterocycles. The molecule has 0 aliphatic carbocycles. The second kappa shape index (κ2) is 9.17. The predicted octanol–water partition coefficient (Wildman–Crippen LogP) is 3.63. The fourth-order valence-electron chi connectivity index (χ4n) is 2.08. The maximum atomic E-state index is 11.9. The van der Waals surface area contributed by atoms with E-state index in [9.17, 15) is 4.79 Å². The SMILES string of the molecule is COc1ccc(CC(=O)OCCOc2cccc(Br)c2)c(OC)c1. The molecule has 5 nitrogen and oxygen atoms in total. The molecule has 0 heterocycles. The molecule has 0 unspecified atom stereocenters. The van der Waals surface area contributed by atoms with Gasteiger partial charge >= 0.3 is 5.97 Å². The Morgan fingerprint density at radius 1 is 1.00 bits per heavy atom. The molecular weight excluding hydrogens is 376 g/mol. The lowest BCUT2D eigenvalue weighted by atomic mass is 10.1. The number of esters is 1. The van der Waals surface area contributed by atoms with Crippen LogP contribution in [-0.2, 0) is 16.0 Å². The quantitative estimate of drug-likeness (QED) is 0.505. The molecule has 0 saturated carbocycles. The highest BCUT2D eigenvalue weighted by Crippen LogP contribution is 2.25. The number of halogens is 1. The smallest absolute Gasteiger partial charge is 0.310 e. The Morgan fingerprint density at radius 3 is 2.54 bits per heavy atom. The van der Waals surface area contributed by atoms with Crippen molar-refractivity contribution in [3.8, 4) is 17.2 Å². The molecule has 0 aliphatic heterocycles. The van der Waals surface area contributed by atoms with E-state index in [-0.39, 0.29) is 19.0 Å². The monoisotopic (exact) mass is 394 g/mol. The first-order chi connectivity index (χ1) is 11.6. The summed E-state index contributed by atoms with van der Waals surface area (Å²) in [5.41, 5.74) is 0.746. The van der Waals surface area contributed by atoms with Gasteiger partial charge in [0, 0.05) is 16.1 Å². The minimum atomic E-state index is -0.337. The summed E-state index contributed by atoms with van der Waals surface area (Å²) in [6, 6.07) is 12.8. The third kappa shape index (κ3) is 5.45. The highest BCUT2D eigenvalue weighted by atomic mass is 79.9. The standard InChI is InChI=1S/C18H19BrO5/c1-21-15-7-6-13(17(12-15)22-2)10-18(20)24-9-8-23-16-5-3-4-14(19)11-16/h3-7,11-12H,8-10H2,1-2H3. The Bertz CT molecular complexity index is 687. The zero-order valence-corrected chi connectivity index (χ0v) is 15.2. The van der Waals surface area contributed by atoms with Crippen molar-refractivity contribution in [1.29, 1.82) is 0 Å². The summed E-state index contributed by atoms with van der Waals surface area (Å²) in [5, 5.41) is 0. The molecule has 2 aromatic carbocycles. The molecule has 0 aliphatic rings. The highest BCUT2D eigenvalue weighted by molar-refractivity contribution is 9.10. The molecule has 2 rings (SSSR count). The summed E-state index contributed by atoms with van der Waals surface area (Å²) < 4.78 is 22.0. The van der Waals surface area contributed by atoms with Gasteiger partial charge in [0.2, 0.25) is 0 Å². The van der Waals surface area contributed by atoms with Gasteiger partial charge < -0.3 is 18.9 Å². The molecule has 24 heavy (non-hydrogen) atoms. The molecule has 0 saturated heterocycles. The van der Waals surface area contributed by atoms with Crippen LogP contribution in [0.15, 0.2) is 46.9 Å². The van der Waals surface area contributed by atoms with Crippen LogP contribution in [-0.4, -0.2) is 33.4 Å². The Balaban J connectivity index is 1.79. The summed E-state index contributed by atoms with van der Waals surface area (Å²) in [6.45, 7) is 0.478. The summed E-state index contributed by atoms with van der Waals surface area (Å²) in [7, 11) is 3.13. The molecule has 0 radical (unpaired) electrons. The van der Waals surface area contributed by atoms with Crippen LogP contribution in [0.4, 0.5) is 0 Å². The summed E-state index contributed by atoms with van der Waals surface area (Å²) in [5.74, 6) is 1.65. The molecular formula is C18H19BrO5. The van der Waals surface area contributed by atoms with Crippen LogP contribution in [0.25, 0.3) is 0 Å². The summed E-state index contributed by atoms with van der Waals surface area (Å²) in [4.78, 5) is 11.9. The second-order valence-corrected chi connectivity index (χ2v) is 5.80. The molecule has 0 spiro atoms. The molecule has 0 atom stereocenters. The predicted molar refractivity (Wildman–Crippen MR) is 93.8 cm³/mol. The number of ether oxygens (including phenoxy) is 4. The average molecular weight is 395 g/mol. The third-order valence-corrected chi connectivity index (χ3v) is 3.73. The number of methoxy groups -OCH3 is 2. The van der Waals surface area contributed by atoms with Gasteiger partial charge in [-0.25, -0.2) is 0 Å². The van der Waals surface area contributed by atoms with Crippen LogP contribution in [0.1, 0.15) is 5.56 Å². The molecule has 0 bridgehead atoms. The van der Waals surface area contributed by atoms with Gasteiger partial charge in [-0.1, -0.05) is 28.1 Å². The Labute approximate surface area is 149 Å². The van der Waals surface area contributed by atoms with Gasteiger partial charge in [-0.2, -0.15) is 0 Å². The number of carbonyl (C=O) groups is 1. The first-order valence-electron chi connectivity index (χ1n) is 7.37. The van der Waals surface area contributed by atoms with E-state index in [0.29, 0.717) is 18.1 Å². The number of benzene rings is 2. The van der Waals surface area contributed by atoms with E-state index in [4.69, 9.17) is 18.9 Å². The zero-order valence-electron chi connectivity index (χ0n) is 13.6. The van der Waals surface area contributed by atoms with Crippen molar-refractivity contribution in [3.05, 3.63) is 52.5 Å². The van der Waals surface area contributed by atoms with E-state index in [1.807, 2.05) is 24.3 Å². The van der Waals surface area contributed by atoms with E-state index in [1.54, 1.807) is 32.4 Å². The number of rotatable bonds is 8. The van der Waals surface area contributed by atoms with Crippen molar-refractivity contribution in [2.75, 3.05) is 27.4 Å². The molecule has 2 aromatic rings. The summed E-state index contributed by atoms with van der Waals surface area (Å²) in [6.07, 6.45) is 0.129. The first kappa shape index (κ1) is 18.1. The number of carbonyl (C=O) groups excluding carboxylic acids is 1. The topological polar surface area (TPSA) is 54.0 Å². The Morgan fingerprint density at radius 2 is 1.83 bits per heavy atom. The normalized spacial score (nSPS) is 10.1. The highest BCUT2D eigenvalue weighted by Gasteiger charge is 2.11. The third-order valence-electron chi connectivity index (χ3n) is 3.24. The van der Waals surface area contributed by atoms with Crippen LogP contribution in [0.2, 0.25) is 0 Å². The maximum absolute atomic E-state index is 11.9. The van der Waals surface area contributed by atoms with Gasteiger partial charge in [0.1, 0.15) is 30.5 Å².